The number of rotatable bonds is 4. The van der Waals surface area contributed by atoms with Gasteiger partial charge in [-0.2, -0.15) is 0 Å². The number of carboxylic acids is 1. The molecule has 1 amide bonds. The third-order valence-electron chi connectivity index (χ3n) is 6.08. The van der Waals surface area contributed by atoms with Crippen LogP contribution in [0.3, 0.4) is 0 Å². The molecule has 1 aromatic carbocycles. The number of likely N-dealkylation sites (tertiary alicyclic amines) is 1. The second kappa shape index (κ2) is 6.08. The largest absolute Gasteiger partial charge is 0.481 e. The Morgan fingerprint density at radius 1 is 1.27 bits per heavy atom. The van der Waals surface area contributed by atoms with Gasteiger partial charge in [-0.15, -0.1) is 0 Å². The Balaban J connectivity index is 1.72. The molecule has 4 rings (SSSR count). The lowest BCUT2D eigenvalue weighted by Crippen LogP contribution is -2.40. The van der Waals surface area contributed by atoms with Gasteiger partial charge in [0, 0.05) is 30.1 Å². The van der Waals surface area contributed by atoms with E-state index >= 15 is 0 Å². The van der Waals surface area contributed by atoms with Crippen LogP contribution in [0.1, 0.15) is 55.1 Å². The van der Waals surface area contributed by atoms with Crippen LogP contribution in [-0.4, -0.2) is 40.0 Å². The number of aromatic nitrogens is 1. The molecule has 0 bridgehead atoms. The minimum absolute atomic E-state index is 0.0194. The first kappa shape index (κ1) is 17.0. The molecule has 1 saturated heterocycles. The predicted octanol–water partition coefficient (Wildman–Crippen LogP) is 3.69. The lowest BCUT2D eigenvalue weighted by molar-refractivity contribution is -0.150. The Hall–Kier alpha value is -2.43. The number of aliphatic carboxylic acids is 1. The molecule has 5 nitrogen and oxygen atoms in total. The Morgan fingerprint density at radius 2 is 2.00 bits per heavy atom. The molecule has 1 aliphatic heterocycles. The van der Waals surface area contributed by atoms with Gasteiger partial charge in [0.05, 0.1) is 16.5 Å². The van der Waals surface area contributed by atoms with Crippen LogP contribution in [-0.2, 0) is 4.79 Å². The molecule has 1 atom stereocenters. The zero-order chi connectivity index (χ0) is 18.5. The van der Waals surface area contributed by atoms with Gasteiger partial charge in [-0.1, -0.05) is 32.0 Å². The number of carboxylic acid groups (broad SMARTS) is 1. The zero-order valence-corrected chi connectivity index (χ0v) is 15.2. The highest BCUT2D eigenvalue weighted by Crippen LogP contribution is 2.41. The lowest BCUT2D eigenvalue weighted by atomic mass is 9.76. The van der Waals surface area contributed by atoms with Crippen molar-refractivity contribution in [2.24, 2.45) is 11.3 Å². The lowest BCUT2D eigenvalue weighted by Gasteiger charge is -2.28. The summed E-state index contributed by atoms with van der Waals surface area (Å²) in [6.45, 7) is 4.61. The number of benzene rings is 1. The predicted molar refractivity (Wildman–Crippen MR) is 99.1 cm³/mol. The first-order valence-electron chi connectivity index (χ1n) is 9.35. The number of hydrogen-bond donors (Lipinski definition) is 1. The van der Waals surface area contributed by atoms with Crippen molar-refractivity contribution in [3.8, 4) is 0 Å². The Morgan fingerprint density at radius 3 is 2.62 bits per heavy atom. The highest BCUT2D eigenvalue weighted by atomic mass is 16.4. The van der Waals surface area contributed by atoms with Crippen LogP contribution in [0.2, 0.25) is 0 Å². The van der Waals surface area contributed by atoms with Gasteiger partial charge in [-0.05, 0) is 37.3 Å². The molecular weight excluding hydrogens is 328 g/mol. The maximum Gasteiger partial charge on any atom is 0.311 e. The quantitative estimate of drug-likeness (QED) is 0.911. The van der Waals surface area contributed by atoms with E-state index in [0.29, 0.717) is 24.4 Å². The van der Waals surface area contributed by atoms with Gasteiger partial charge in [0.15, 0.2) is 0 Å². The van der Waals surface area contributed by atoms with E-state index in [2.05, 4.69) is 0 Å². The summed E-state index contributed by atoms with van der Waals surface area (Å²) in [5, 5.41) is 10.6. The zero-order valence-electron chi connectivity index (χ0n) is 15.2. The normalized spacial score (nSPS) is 23.0. The van der Waals surface area contributed by atoms with Gasteiger partial charge in [0.1, 0.15) is 0 Å². The van der Waals surface area contributed by atoms with Crippen molar-refractivity contribution in [3.05, 3.63) is 41.6 Å². The minimum Gasteiger partial charge on any atom is -0.481 e. The summed E-state index contributed by atoms with van der Waals surface area (Å²) in [6, 6.07) is 9.65. The summed E-state index contributed by atoms with van der Waals surface area (Å²) in [6.07, 6.45) is 2.75. The second-order valence-corrected chi connectivity index (χ2v) is 7.98. The number of amides is 1. The van der Waals surface area contributed by atoms with E-state index in [1.54, 1.807) is 4.90 Å². The monoisotopic (exact) mass is 352 g/mol. The number of hydrogen-bond acceptors (Lipinski definition) is 3. The third-order valence-corrected chi connectivity index (χ3v) is 6.08. The molecule has 136 valence electrons. The summed E-state index contributed by atoms with van der Waals surface area (Å²) in [4.78, 5) is 31.6. The number of fused-ring (bicyclic) bond motifs is 1. The van der Waals surface area contributed by atoms with Crippen molar-refractivity contribution in [2.75, 3.05) is 13.1 Å². The summed E-state index contributed by atoms with van der Waals surface area (Å²) >= 11 is 0. The van der Waals surface area contributed by atoms with Crippen LogP contribution in [0.5, 0.6) is 0 Å². The number of carbonyl (C=O) groups is 2. The van der Waals surface area contributed by atoms with Crippen LogP contribution in [0.25, 0.3) is 10.9 Å². The van der Waals surface area contributed by atoms with E-state index in [-0.39, 0.29) is 18.4 Å². The second-order valence-electron chi connectivity index (χ2n) is 7.98. The Labute approximate surface area is 153 Å². The van der Waals surface area contributed by atoms with Gasteiger partial charge in [-0.25, -0.2) is 0 Å². The molecule has 0 radical (unpaired) electrons. The van der Waals surface area contributed by atoms with Gasteiger partial charge in [-0.3, -0.25) is 14.6 Å². The molecular formula is C21H24N2O3. The highest BCUT2D eigenvalue weighted by molar-refractivity contribution is 6.06. The molecule has 1 N–H and O–H groups in total. The minimum atomic E-state index is -0.849. The van der Waals surface area contributed by atoms with E-state index < -0.39 is 11.4 Å². The molecule has 26 heavy (non-hydrogen) atoms. The number of para-hydroxylation sites is 1. The average molecular weight is 352 g/mol. The van der Waals surface area contributed by atoms with Crippen molar-refractivity contribution < 1.29 is 14.7 Å². The van der Waals surface area contributed by atoms with Crippen LogP contribution in [0.4, 0.5) is 0 Å². The van der Waals surface area contributed by atoms with E-state index in [9.17, 15) is 14.7 Å². The van der Waals surface area contributed by atoms with Crippen LogP contribution in [0, 0.1) is 11.3 Å². The fraction of sp³-hybridized carbons (Fsp3) is 0.476. The number of pyridine rings is 1. The van der Waals surface area contributed by atoms with Gasteiger partial charge >= 0.3 is 5.97 Å². The van der Waals surface area contributed by atoms with Crippen LogP contribution in [0.15, 0.2) is 30.3 Å². The Kier molecular flexibility index (Phi) is 3.98. The molecule has 5 heteroatoms. The maximum atomic E-state index is 13.3. The molecule has 1 aromatic heterocycles. The molecule has 1 unspecified atom stereocenters. The van der Waals surface area contributed by atoms with Crippen LogP contribution >= 0.6 is 0 Å². The van der Waals surface area contributed by atoms with Crippen molar-refractivity contribution in [3.63, 3.8) is 0 Å². The maximum absolute atomic E-state index is 13.3. The van der Waals surface area contributed by atoms with Crippen molar-refractivity contribution in [1.29, 1.82) is 0 Å². The smallest absolute Gasteiger partial charge is 0.311 e. The van der Waals surface area contributed by atoms with Crippen LogP contribution < -0.4 is 0 Å². The molecule has 1 aliphatic carbocycles. The molecule has 2 aromatic rings. The summed E-state index contributed by atoms with van der Waals surface area (Å²) < 4.78 is 0. The molecule has 1 saturated carbocycles. The van der Waals surface area contributed by atoms with Gasteiger partial charge in [0.25, 0.3) is 5.91 Å². The SMILES string of the molecule is CC(C)C1(C(=O)O)CCN(C(=O)c2cc(C3CC3)nc3ccccc23)C1. The highest BCUT2D eigenvalue weighted by Gasteiger charge is 2.48. The van der Waals surface area contributed by atoms with Crippen molar-refractivity contribution >= 4 is 22.8 Å². The molecule has 2 fully saturated rings. The molecule has 2 aliphatic rings. The van der Waals surface area contributed by atoms with Gasteiger partial charge in [0.2, 0.25) is 0 Å². The van der Waals surface area contributed by atoms with E-state index in [1.165, 1.54) is 0 Å². The fourth-order valence-electron chi connectivity index (χ4n) is 4.03. The summed E-state index contributed by atoms with van der Waals surface area (Å²) in [5.41, 5.74) is 1.63. The fourth-order valence-corrected chi connectivity index (χ4v) is 4.03. The first-order valence-corrected chi connectivity index (χ1v) is 9.35. The van der Waals surface area contributed by atoms with Gasteiger partial charge < -0.3 is 10.0 Å². The van der Waals surface area contributed by atoms with Crippen molar-refractivity contribution in [1.82, 2.24) is 9.88 Å². The summed E-state index contributed by atoms with van der Waals surface area (Å²) in [7, 11) is 0. The van der Waals surface area contributed by atoms with Crippen molar-refractivity contribution in [2.45, 2.75) is 39.0 Å². The molecule has 0 spiro atoms. The van der Waals surface area contributed by atoms with E-state index in [0.717, 1.165) is 29.4 Å². The third kappa shape index (κ3) is 2.66. The number of nitrogens with zero attached hydrogens (tertiary/aromatic N) is 2. The summed E-state index contributed by atoms with van der Waals surface area (Å²) in [5.74, 6) is -0.442. The standard InChI is InChI=1S/C21H24N2O3/c1-13(2)21(20(25)26)9-10-23(12-21)19(24)16-11-18(14-7-8-14)22-17-6-4-3-5-15(16)17/h3-6,11,13-14H,7-10,12H2,1-2H3,(H,25,26). The number of carbonyl (C=O) groups excluding carboxylic acids is 1. The molecule has 2 heterocycles. The average Bonchev–Trinajstić information content (AvgIpc) is 3.37. The van der Waals surface area contributed by atoms with E-state index in [1.807, 2.05) is 44.2 Å². The topological polar surface area (TPSA) is 70.5 Å². The van der Waals surface area contributed by atoms with E-state index in [4.69, 9.17) is 4.98 Å². The first-order chi connectivity index (χ1) is 12.4. The Bertz CT molecular complexity index is 888.